The van der Waals surface area contributed by atoms with Gasteiger partial charge in [-0.15, -0.1) is 0 Å². The van der Waals surface area contributed by atoms with Gasteiger partial charge < -0.3 is 4.90 Å². The lowest BCUT2D eigenvalue weighted by Gasteiger charge is -2.27. The van der Waals surface area contributed by atoms with Crippen LogP contribution in [0.2, 0.25) is 0 Å². The first-order valence-corrected chi connectivity index (χ1v) is 10.9. The summed E-state index contributed by atoms with van der Waals surface area (Å²) in [5, 5.41) is 5.68. The van der Waals surface area contributed by atoms with Crippen LogP contribution in [-0.4, -0.2) is 45.8 Å². The zero-order valence-corrected chi connectivity index (χ0v) is 16.4. The van der Waals surface area contributed by atoms with E-state index in [-0.39, 0.29) is 18.1 Å². The zero-order valence-electron chi connectivity index (χ0n) is 15.6. The SMILES string of the molecule is O=C(Cc1ccn(-c2ccccc2)n1)N(Cc1ccncc1)C1C=CS(=O)(=O)C1. The van der Waals surface area contributed by atoms with Crippen LogP contribution in [0.4, 0.5) is 0 Å². The molecule has 0 aliphatic carbocycles. The van der Waals surface area contributed by atoms with Crippen LogP contribution in [-0.2, 0) is 27.6 Å². The second kappa shape index (κ2) is 8.00. The standard InChI is InChI=1S/C21H20N4O3S/c26-21(14-18-8-12-25(23-18)19-4-2-1-3-5-19)24(15-17-6-10-22-11-7-17)20-9-13-29(27,28)16-20/h1-13,20H,14-16H2. The van der Waals surface area contributed by atoms with E-state index >= 15 is 0 Å². The molecule has 8 heteroatoms. The van der Waals surface area contributed by atoms with Crippen LogP contribution in [0.5, 0.6) is 0 Å². The summed E-state index contributed by atoms with van der Waals surface area (Å²) in [4.78, 5) is 18.7. The van der Waals surface area contributed by atoms with Crippen LogP contribution in [0.3, 0.4) is 0 Å². The highest BCUT2D eigenvalue weighted by Crippen LogP contribution is 2.19. The summed E-state index contributed by atoms with van der Waals surface area (Å²) in [7, 11) is -3.28. The number of benzene rings is 1. The number of amides is 1. The van der Waals surface area contributed by atoms with Gasteiger partial charge in [0, 0.05) is 30.5 Å². The van der Waals surface area contributed by atoms with Crippen molar-refractivity contribution in [3.05, 3.63) is 89.9 Å². The molecule has 3 aromatic rings. The first-order valence-electron chi connectivity index (χ1n) is 9.19. The van der Waals surface area contributed by atoms with Crippen LogP contribution in [0, 0.1) is 0 Å². The molecular formula is C21H20N4O3S. The van der Waals surface area contributed by atoms with Crippen molar-refractivity contribution in [2.24, 2.45) is 0 Å². The second-order valence-corrected chi connectivity index (χ2v) is 8.80. The highest BCUT2D eigenvalue weighted by Gasteiger charge is 2.30. The van der Waals surface area contributed by atoms with Gasteiger partial charge in [-0.25, -0.2) is 13.1 Å². The van der Waals surface area contributed by atoms with E-state index in [0.29, 0.717) is 12.2 Å². The molecule has 1 unspecified atom stereocenters. The maximum atomic E-state index is 13.1. The van der Waals surface area contributed by atoms with E-state index in [4.69, 9.17) is 0 Å². The third-order valence-electron chi connectivity index (χ3n) is 4.73. The Bertz CT molecular complexity index is 1130. The summed E-state index contributed by atoms with van der Waals surface area (Å²) < 4.78 is 25.5. The van der Waals surface area contributed by atoms with Crippen molar-refractivity contribution in [1.82, 2.24) is 19.7 Å². The molecule has 1 aromatic carbocycles. The first-order chi connectivity index (χ1) is 14.0. The summed E-state index contributed by atoms with van der Waals surface area (Å²) in [6.45, 7) is 0.311. The topological polar surface area (TPSA) is 85.2 Å². The van der Waals surface area contributed by atoms with Crippen molar-refractivity contribution in [3.8, 4) is 5.69 Å². The Morgan fingerprint density at radius 1 is 1.10 bits per heavy atom. The third-order valence-corrected chi connectivity index (χ3v) is 6.11. The van der Waals surface area contributed by atoms with Gasteiger partial charge in [0.2, 0.25) is 5.91 Å². The van der Waals surface area contributed by atoms with Gasteiger partial charge in [0.1, 0.15) is 0 Å². The Morgan fingerprint density at radius 2 is 1.86 bits per heavy atom. The molecule has 1 amide bonds. The highest BCUT2D eigenvalue weighted by atomic mass is 32.2. The van der Waals surface area contributed by atoms with Crippen molar-refractivity contribution >= 4 is 15.7 Å². The number of pyridine rings is 1. The Hall–Kier alpha value is -3.26. The molecule has 0 fully saturated rings. The summed E-state index contributed by atoms with van der Waals surface area (Å²) in [6.07, 6.45) is 6.79. The van der Waals surface area contributed by atoms with Crippen LogP contribution < -0.4 is 0 Å². The maximum absolute atomic E-state index is 13.1. The molecule has 0 radical (unpaired) electrons. The molecule has 2 aromatic heterocycles. The van der Waals surface area contributed by atoms with Gasteiger partial charge in [0.05, 0.1) is 29.6 Å². The van der Waals surface area contributed by atoms with E-state index in [1.54, 1.807) is 34.1 Å². The van der Waals surface area contributed by atoms with Crippen molar-refractivity contribution < 1.29 is 13.2 Å². The Balaban J connectivity index is 1.54. The van der Waals surface area contributed by atoms with E-state index in [1.807, 2.05) is 48.7 Å². The number of carbonyl (C=O) groups excluding carboxylic acids is 1. The number of hydrogen-bond donors (Lipinski definition) is 0. The lowest BCUT2D eigenvalue weighted by atomic mass is 10.1. The minimum atomic E-state index is -3.28. The predicted octanol–water partition coefficient (Wildman–Crippen LogP) is 2.15. The largest absolute Gasteiger partial charge is 0.331 e. The monoisotopic (exact) mass is 408 g/mol. The third kappa shape index (κ3) is 4.60. The minimum Gasteiger partial charge on any atom is -0.331 e. The van der Waals surface area contributed by atoms with E-state index in [2.05, 4.69) is 10.1 Å². The molecule has 29 heavy (non-hydrogen) atoms. The van der Waals surface area contributed by atoms with Crippen LogP contribution in [0.15, 0.2) is 78.6 Å². The fraction of sp³-hybridized carbons (Fsp3) is 0.190. The van der Waals surface area contributed by atoms with E-state index in [1.165, 1.54) is 5.41 Å². The minimum absolute atomic E-state index is 0.0926. The number of carbonyl (C=O) groups is 1. The summed E-state index contributed by atoms with van der Waals surface area (Å²) in [6, 6.07) is 14.6. The van der Waals surface area contributed by atoms with Crippen molar-refractivity contribution in [1.29, 1.82) is 0 Å². The molecule has 1 aliphatic heterocycles. The molecule has 148 valence electrons. The quantitative estimate of drug-likeness (QED) is 0.624. The number of para-hydroxylation sites is 1. The van der Waals surface area contributed by atoms with Gasteiger partial charge >= 0.3 is 0 Å². The van der Waals surface area contributed by atoms with E-state index < -0.39 is 15.9 Å². The van der Waals surface area contributed by atoms with Gasteiger partial charge in [0.15, 0.2) is 9.84 Å². The summed E-state index contributed by atoms with van der Waals surface area (Å²) >= 11 is 0. The van der Waals surface area contributed by atoms with Crippen LogP contribution in [0.25, 0.3) is 5.69 Å². The fourth-order valence-corrected chi connectivity index (χ4v) is 4.56. The van der Waals surface area contributed by atoms with Crippen LogP contribution in [0.1, 0.15) is 11.3 Å². The number of rotatable bonds is 6. The van der Waals surface area contributed by atoms with E-state index in [0.717, 1.165) is 11.3 Å². The molecular weight excluding hydrogens is 388 g/mol. The molecule has 0 spiro atoms. The summed E-state index contributed by atoms with van der Waals surface area (Å²) in [5.74, 6) is -0.269. The van der Waals surface area contributed by atoms with Gasteiger partial charge in [-0.1, -0.05) is 18.2 Å². The smallest absolute Gasteiger partial charge is 0.229 e. The second-order valence-electron chi connectivity index (χ2n) is 6.87. The molecule has 7 nitrogen and oxygen atoms in total. The van der Waals surface area contributed by atoms with Crippen LogP contribution >= 0.6 is 0 Å². The van der Waals surface area contributed by atoms with Gasteiger partial charge in [0.25, 0.3) is 0 Å². The molecule has 1 atom stereocenters. The molecule has 3 heterocycles. The average Bonchev–Trinajstić information content (AvgIpc) is 3.33. The molecule has 0 bridgehead atoms. The maximum Gasteiger partial charge on any atom is 0.229 e. The Labute approximate surface area is 169 Å². The highest BCUT2D eigenvalue weighted by molar-refractivity contribution is 7.94. The molecule has 0 N–H and O–H groups in total. The molecule has 0 saturated heterocycles. The number of sulfone groups is 1. The number of aromatic nitrogens is 3. The van der Waals surface area contributed by atoms with Crippen molar-refractivity contribution in [2.45, 2.75) is 19.0 Å². The number of nitrogens with zero attached hydrogens (tertiary/aromatic N) is 4. The lowest BCUT2D eigenvalue weighted by Crippen LogP contribution is -2.41. The molecule has 4 rings (SSSR count). The Morgan fingerprint density at radius 3 is 2.55 bits per heavy atom. The van der Waals surface area contributed by atoms with Crippen molar-refractivity contribution in [3.63, 3.8) is 0 Å². The summed E-state index contributed by atoms with van der Waals surface area (Å²) in [5.41, 5.74) is 2.42. The first kappa shape index (κ1) is 19.1. The normalized spacial score (nSPS) is 17.3. The van der Waals surface area contributed by atoms with Gasteiger partial charge in [-0.2, -0.15) is 5.10 Å². The number of hydrogen-bond acceptors (Lipinski definition) is 5. The fourth-order valence-electron chi connectivity index (χ4n) is 3.27. The Kier molecular flexibility index (Phi) is 5.26. The van der Waals surface area contributed by atoms with Gasteiger partial charge in [-0.05, 0) is 42.0 Å². The molecule has 0 saturated carbocycles. The van der Waals surface area contributed by atoms with Crippen molar-refractivity contribution in [2.75, 3.05) is 5.75 Å². The van der Waals surface area contributed by atoms with E-state index in [9.17, 15) is 13.2 Å². The average molecular weight is 408 g/mol. The lowest BCUT2D eigenvalue weighted by molar-refractivity contribution is -0.132. The van der Waals surface area contributed by atoms with Gasteiger partial charge in [-0.3, -0.25) is 9.78 Å². The predicted molar refractivity (Wildman–Crippen MR) is 109 cm³/mol. The molecule has 1 aliphatic rings. The zero-order chi connectivity index (χ0) is 20.3.